The summed E-state index contributed by atoms with van der Waals surface area (Å²) in [6.07, 6.45) is 5.72. The number of terminal acetylenes is 1. The minimum Gasteiger partial charge on any atom is -0.508 e. The number of rotatable bonds is 4. The fourth-order valence-corrected chi connectivity index (χ4v) is 1.45. The van der Waals surface area contributed by atoms with E-state index in [1.54, 1.807) is 12.1 Å². The number of benzene rings is 1. The van der Waals surface area contributed by atoms with Crippen LogP contribution in [-0.2, 0) is 0 Å². The van der Waals surface area contributed by atoms with Gasteiger partial charge in [-0.25, -0.2) is 10.9 Å². The van der Waals surface area contributed by atoms with Gasteiger partial charge in [-0.15, -0.1) is 12.3 Å². The molecule has 2 rings (SSSR count). The summed E-state index contributed by atoms with van der Waals surface area (Å²) in [6.45, 7) is 0.414. The number of carbonyl (C=O) groups is 1. The third kappa shape index (κ3) is 2.75. The van der Waals surface area contributed by atoms with Crippen LogP contribution in [0.2, 0.25) is 0 Å². The highest BCUT2D eigenvalue weighted by molar-refractivity contribution is 5.94. The lowest BCUT2D eigenvalue weighted by Crippen LogP contribution is -2.37. The lowest BCUT2D eigenvalue weighted by Gasteiger charge is -2.10. The molecule has 1 aromatic carbocycles. The largest absolute Gasteiger partial charge is 0.508 e. The first-order chi connectivity index (χ1) is 8.15. The first kappa shape index (κ1) is 11.5. The van der Waals surface area contributed by atoms with Crippen LogP contribution in [-0.4, -0.2) is 23.2 Å². The van der Waals surface area contributed by atoms with Crippen molar-refractivity contribution < 1.29 is 9.90 Å². The number of hydrogen-bond acceptors (Lipinski definition) is 4. The molecule has 1 aromatic rings. The molecule has 1 aliphatic heterocycles. The van der Waals surface area contributed by atoms with Gasteiger partial charge in [0, 0.05) is 12.0 Å². The number of aromatic hydroxyl groups is 1. The maximum atomic E-state index is 11.7. The smallest absolute Gasteiger partial charge is 0.251 e. The van der Waals surface area contributed by atoms with Crippen molar-refractivity contribution in [1.29, 1.82) is 0 Å². The Kier molecular flexibility index (Phi) is 3.00. The summed E-state index contributed by atoms with van der Waals surface area (Å²) >= 11 is 0. The number of amides is 1. The van der Waals surface area contributed by atoms with Crippen LogP contribution >= 0.6 is 0 Å². The van der Waals surface area contributed by atoms with Gasteiger partial charge in [0.25, 0.3) is 5.91 Å². The fraction of sp³-hybridized carbons (Fsp3) is 0.250. The second kappa shape index (κ2) is 4.45. The number of phenolic OH excluding ortho intramolecular Hbond substituents is 1. The molecule has 4 N–H and O–H groups in total. The molecule has 5 heteroatoms. The molecule has 1 saturated heterocycles. The molecule has 0 aliphatic carbocycles. The van der Waals surface area contributed by atoms with Gasteiger partial charge in [0.2, 0.25) is 0 Å². The molecule has 0 saturated carbocycles. The van der Waals surface area contributed by atoms with E-state index < -0.39 is 0 Å². The summed E-state index contributed by atoms with van der Waals surface area (Å²) in [7, 11) is 0. The van der Waals surface area contributed by atoms with Crippen molar-refractivity contribution in [2.24, 2.45) is 0 Å². The quantitative estimate of drug-likeness (QED) is 0.432. The van der Waals surface area contributed by atoms with Crippen LogP contribution in [0.1, 0.15) is 16.8 Å². The minimum atomic E-state index is -0.360. The van der Waals surface area contributed by atoms with Crippen LogP contribution in [0.25, 0.3) is 0 Å². The zero-order valence-electron chi connectivity index (χ0n) is 9.16. The van der Waals surface area contributed by atoms with E-state index in [2.05, 4.69) is 22.1 Å². The van der Waals surface area contributed by atoms with Crippen molar-refractivity contribution in [1.82, 2.24) is 16.2 Å². The maximum Gasteiger partial charge on any atom is 0.251 e. The number of nitrogens with one attached hydrogen (secondary N) is 3. The van der Waals surface area contributed by atoms with Gasteiger partial charge in [-0.3, -0.25) is 4.79 Å². The molecule has 1 heterocycles. The van der Waals surface area contributed by atoms with Crippen LogP contribution in [0.4, 0.5) is 0 Å². The summed E-state index contributed by atoms with van der Waals surface area (Å²) in [5.74, 6) is 2.47. The fourth-order valence-electron chi connectivity index (χ4n) is 1.45. The summed E-state index contributed by atoms with van der Waals surface area (Å²) in [5.41, 5.74) is 5.97. The summed E-state index contributed by atoms with van der Waals surface area (Å²) in [6, 6.07) is 6.07. The van der Waals surface area contributed by atoms with Crippen molar-refractivity contribution in [3.8, 4) is 18.1 Å². The second-order valence-electron chi connectivity index (χ2n) is 3.94. The van der Waals surface area contributed by atoms with Crippen LogP contribution in [0, 0.1) is 12.3 Å². The molecule has 0 bridgehead atoms. The Morgan fingerprint density at radius 2 is 2.06 bits per heavy atom. The Hall–Kier alpha value is -2.03. The van der Waals surface area contributed by atoms with E-state index in [1.165, 1.54) is 12.1 Å². The molecule has 1 fully saturated rings. The normalized spacial score (nSPS) is 15.9. The monoisotopic (exact) mass is 231 g/mol. The lowest BCUT2D eigenvalue weighted by molar-refractivity contribution is 0.0949. The number of hydrogen-bond donors (Lipinski definition) is 4. The molecule has 1 aliphatic rings. The third-order valence-corrected chi connectivity index (χ3v) is 2.56. The summed E-state index contributed by atoms with van der Waals surface area (Å²) in [4.78, 5) is 11.7. The number of phenols is 1. The SMILES string of the molecule is C#CCC1(CNC(=O)c2ccc(O)cc2)NN1. The maximum absolute atomic E-state index is 11.7. The molecule has 0 atom stereocenters. The van der Waals surface area contributed by atoms with Gasteiger partial charge >= 0.3 is 0 Å². The van der Waals surface area contributed by atoms with E-state index >= 15 is 0 Å². The lowest BCUT2D eigenvalue weighted by atomic mass is 10.1. The Bertz CT molecular complexity index is 458. The van der Waals surface area contributed by atoms with Crippen molar-refractivity contribution in [3.05, 3.63) is 29.8 Å². The molecule has 0 aromatic heterocycles. The van der Waals surface area contributed by atoms with Crippen molar-refractivity contribution in [2.45, 2.75) is 12.1 Å². The van der Waals surface area contributed by atoms with Crippen LogP contribution < -0.4 is 16.2 Å². The molecule has 5 nitrogen and oxygen atoms in total. The molecule has 0 unspecified atom stereocenters. The standard InChI is InChI=1S/C12H13N3O2/c1-2-7-12(14-15-12)8-13-11(17)9-3-5-10(16)6-4-9/h1,3-6,14-16H,7-8H2,(H,13,17). The Labute approximate surface area is 99.2 Å². The Morgan fingerprint density at radius 3 is 2.59 bits per heavy atom. The van der Waals surface area contributed by atoms with Gasteiger partial charge in [-0.2, -0.15) is 0 Å². The zero-order valence-corrected chi connectivity index (χ0v) is 9.16. The molecule has 0 spiro atoms. The average molecular weight is 231 g/mol. The van der Waals surface area contributed by atoms with Gasteiger partial charge in [0.1, 0.15) is 11.4 Å². The molecular weight excluding hydrogens is 218 g/mol. The molecule has 1 amide bonds. The predicted molar refractivity (Wildman–Crippen MR) is 62.9 cm³/mol. The highest BCUT2D eigenvalue weighted by atomic mass is 16.3. The average Bonchev–Trinajstić information content (AvgIpc) is 3.08. The van der Waals surface area contributed by atoms with E-state index in [1.807, 2.05) is 0 Å². The van der Waals surface area contributed by atoms with Gasteiger partial charge in [-0.05, 0) is 24.3 Å². The van der Waals surface area contributed by atoms with Gasteiger partial charge < -0.3 is 10.4 Å². The minimum absolute atomic E-state index is 0.135. The zero-order chi connectivity index (χ0) is 12.3. The van der Waals surface area contributed by atoms with Gasteiger partial charge in [0.05, 0.1) is 6.54 Å². The van der Waals surface area contributed by atoms with Crippen LogP contribution in [0.5, 0.6) is 5.75 Å². The highest BCUT2D eigenvalue weighted by Crippen LogP contribution is 2.14. The molecule has 17 heavy (non-hydrogen) atoms. The van der Waals surface area contributed by atoms with E-state index in [9.17, 15) is 4.79 Å². The van der Waals surface area contributed by atoms with E-state index in [0.717, 1.165) is 0 Å². The van der Waals surface area contributed by atoms with E-state index in [4.69, 9.17) is 11.5 Å². The van der Waals surface area contributed by atoms with Crippen LogP contribution in [0.3, 0.4) is 0 Å². The van der Waals surface area contributed by atoms with Gasteiger partial charge in [0.15, 0.2) is 0 Å². The van der Waals surface area contributed by atoms with Crippen molar-refractivity contribution in [3.63, 3.8) is 0 Å². The summed E-state index contributed by atoms with van der Waals surface area (Å²) < 4.78 is 0. The van der Waals surface area contributed by atoms with Crippen molar-refractivity contribution >= 4 is 5.91 Å². The molecule has 0 radical (unpaired) electrons. The molecule has 88 valence electrons. The third-order valence-electron chi connectivity index (χ3n) is 2.56. The van der Waals surface area contributed by atoms with Crippen LogP contribution in [0.15, 0.2) is 24.3 Å². The van der Waals surface area contributed by atoms with Crippen molar-refractivity contribution in [2.75, 3.05) is 6.54 Å². The van der Waals surface area contributed by atoms with Gasteiger partial charge in [-0.1, -0.05) is 0 Å². The summed E-state index contributed by atoms with van der Waals surface area (Å²) in [5, 5.41) is 11.9. The Balaban J connectivity index is 1.90. The highest BCUT2D eigenvalue weighted by Gasteiger charge is 2.41. The number of carbonyl (C=O) groups excluding carboxylic acids is 1. The first-order valence-electron chi connectivity index (χ1n) is 5.20. The molecular formula is C12H13N3O2. The topological polar surface area (TPSA) is 93.2 Å². The predicted octanol–water partition coefficient (Wildman–Crippen LogP) is -0.0506. The van der Waals surface area contributed by atoms with E-state index in [-0.39, 0.29) is 17.3 Å². The first-order valence-corrected chi connectivity index (χ1v) is 5.20. The second-order valence-corrected chi connectivity index (χ2v) is 3.94. The Morgan fingerprint density at radius 1 is 1.41 bits per heavy atom. The van der Waals surface area contributed by atoms with E-state index in [0.29, 0.717) is 18.5 Å². The number of hydrazine groups is 1.